The largest absolute Gasteiger partial charge is 0.349 e. The van der Waals surface area contributed by atoms with Crippen LogP contribution < -0.4 is 10.0 Å². The van der Waals surface area contributed by atoms with E-state index in [9.17, 15) is 17.6 Å². The second-order valence-corrected chi connectivity index (χ2v) is 7.76. The number of nitrogens with one attached hydrogen (secondary N) is 2. The fraction of sp³-hybridized carbons (Fsp3) is 0.316. The van der Waals surface area contributed by atoms with Crippen molar-refractivity contribution < 1.29 is 17.6 Å². The Kier molecular flexibility index (Phi) is 6.37. The topological polar surface area (TPSA) is 75.3 Å². The zero-order chi connectivity index (χ0) is 19.3. The van der Waals surface area contributed by atoms with Gasteiger partial charge in [-0.05, 0) is 61.7 Å². The van der Waals surface area contributed by atoms with Gasteiger partial charge in [0.25, 0.3) is 15.9 Å². The molecule has 0 bridgehead atoms. The van der Waals surface area contributed by atoms with Gasteiger partial charge in [-0.1, -0.05) is 19.9 Å². The summed E-state index contributed by atoms with van der Waals surface area (Å²) in [6.07, 6.45) is 1.59. The lowest BCUT2D eigenvalue weighted by Crippen LogP contribution is -2.34. The maximum atomic E-state index is 13.0. The van der Waals surface area contributed by atoms with E-state index in [2.05, 4.69) is 10.0 Å². The first kappa shape index (κ1) is 19.9. The van der Waals surface area contributed by atoms with Gasteiger partial charge in [-0.3, -0.25) is 9.52 Å². The molecule has 0 fully saturated rings. The molecule has 0 aromatic heterocycles. The van der Waals surface area contributed by atoms with Crippen LogP contribution in [0.4, 0.5) is 10.1 Å². The van der Waals surface area contributed by atoms with E-state index in [1.165, 1.54) is 36.4 Å². The Labute approximate surface area is 153 Å². The molecule has 0 aliphatic rings. The summed E-state index contributed by atoms with van der Waals surface area (Å²) in [5.74, 6) is -0.751. The predicted octanol–water partition coefficient (Wildman–Crippen LogP) is 3.85. The number of halogens is 1. The molecule has 0 aliphatic heterocycles. The van der Waals surface area contributed by atoms with Crippen LogP contribution in [0, 0.1) is 12.7 Å². The van der Waals surface area contributed by atoms with Crippen LogP contribution in [0.5, 0.6) is 0 Å². The molecular weight excluding hydrogens is 355 g/mol. The molecule has 0 aliphatic carbocycles. The first-order valence-electron chi connectivity index (χ1n) is 8.46. The number of carbonyl (C=O) groups is 1. The van der Waals surface area contributed by atoms with Gasteiger partial charge in [0.05, 0.1) is 4.90 Å². The maximum Gasteiger partial charge on any atom is 0.261 e. The van der Waals surface area contributed by atoms with Crippen molar-refractivity contribution in [1.29, 1.82) is 0 Å². The highest BCUT2D eigenvalue weighted by Crippen LogP contribution is 2.20. The molecule has 2 N–H and O–H groups in total. The van der Waals surface area contributed by atoms with Crippen LogP contribution in [-0.4, -0.2) is 20.4 Å². The Bertz CT molecular complexity index is 876. The molecule has 7 heteroatoms. The molecule has 0 radical (unpaired) electrons. The molecule has 0 unspecified atom stereocenters. The first-order chi connectivity index (χ1) is 12.3. The summed E-state index contributed by atoms with van der Waals surface area (Å²) in [7, 11) is -3.89. The monoisotopic (exact) mass is 378 g/mol. The zero-order valence-corrected chi connectivity index (χ0v) is 15.9. The van der Waals surface area contributed by atoms with Crippen molar-refractivity contribution in [1.82, 2.24) is 5.32 Å². The van der Waals surface area contributed by atoms with Crippen LogP contribution in [0.3, 0.4) is 0 Å². The fourth-order valence-corrected chi connectivity index (χ4v) is 3.59. The predicted molar refractivity (Wildman–Crippen MR) is 100 cm³/mol. The second kappa shape index (κ2) is 8.31. The van der Waals surface area contributed by atoms with E-state index in [4.69, 9.17) is 0 Å². The highest BCUT2D eigenvalue weighted by Gasteiger charge is 2.19. The molecule has 2 rings (SSSR count). The van der Waals surface area contributed by atoms with Gasteiger partial charge in [0, 0.05) is 17.3 Å². The maximum absolute atomic E-state index is 13.0. The van der Waals surface area contributed by atoms with Crippen molar-refractivity contribution in [2.45, 2.75) is 44.6 Å². The highest BCUT2D eigenvalue weighted by atomic mass is 32.2. The van der Waals surface area contributed by atoms with Gasteiger partial charge in [0.1, 0.15) is 5.82 Å². The van der Waals surface area contributed by atoms with Gasteiger partial charge < -0.3 is 5.32 Å². The first-order valence-corrected chi connectivity index (χ1v) is 9.95. The summed E-state index contributed by atoms with van der Waals surface area (Å²) in [5, 5.41) is 2.91. The van der Waals surface area contributed by atoms with E-state index in [1.54, 1.807) is 13.0 Å². The molecule has 5 nitrogen and oxygen atoms in total. The number of amides is 1. The van der Waals surface area contributed by atoms with Crippen molar-refractivity contribution in [3.8, 4) is 0 Å². The molecule has 0 spiro atoms. The van der Waals surface area contributed by atoms with E-state index in [0.29, 0.717) is 11.1 Å². The van der Waals surface area contributed by atoms with Crippen molar-refractivity contribution in [2.24, 2.45) is 0 Å². The third-order valence-electron chi connectivity index (χ3n) is 4.18. The SMILES string of the molecule is CCC(CC)NC(=O)c1cc(S(=O)(=O)Nc2ccc(F)cc2)ccc1C. The number of anilines is 1. The van der Waals surface area contributed by atoms with Crippen molar-refractivity contribution >= 4 is 21.6 Å². The number of sulfonamides is 1. The minimum absolute atomic E-state index is 0.0258. The molecule has 2 aromatic rings. The Balaban J connectivity index is 2.29. The van der Waals surface area contributed by atoms with Gasteiger partial charge in [0.2, 0.25) is 0 Å². The van der Waals surface area contributed by atoms with E-state index in [1.807, 2.05) is 13.8 Å². The lowest BCUT2D eigenvalue weighted by Gasteiger charge is -2.16. The summed E-state index contributed by atoms with van der Waals surface area (Å²) in [6.45, 7) is 5.72. The number of carbonyl (C=O) groups excluding carboxylic acids is 1. The van der Waals surface area contributed by atoms with Gasteiger partial charge >= 0.3 is 0 Å². The average Bonchev–Trinajstić information content (AvgIpc) is 2.61. The van der Waals surface area contributed by atoms with Gasteiger partial charge in [-0.25, -0.2) is 12.8 Å². The lowest BCUT2D eigenvalue weighted by molar-refractivity contribution is 0.0934. The summed E-state index contributed by atoms with van der Waals surface area (Å²) in [5.41, 5.74) is 1.25. The van der Waals surface area contributed by atoms with E-state index < -0.39 is 15.8 Å². The fourth-order valence-electron chi connectivity index (χ4n) is 2.50. The van der Waals surface area contributed by atoms with Crippen molar-refractivity contribution in [2.75, 3.05) is 4.72 Å². The van der Waals surface area contributed by atoms with E-state index in [-0.39, 0.29) is 22.5 Å². The summed E-state index contributed by atoms with van der Waals surface area (Å²) in [4.78, 5) is 12.5. The summed E-state index contributed by atoms with van der Waals surface area (Å²) in [6, 6.07) is 9.45. The molecule has 2 aromatic carbocycles. The molecule has 1 amide bonds. The normalized spacial score (nSPS) is 11.4. The third-order valence-corrected chi connectivity index (χ3v) is 5.56. The lowest BCUT2D eigenvalue weighted by atomic mass is 10.1. The van der Waals surface area contributed by atoms with Gasteiger partial charge in [-0.2, -0.15) is 0 Å². The molecule has 0 atom stereocenters. The van der Waals surface area contributed by atoms with Gasteiger partial charge in [-0.15, -0.1) is 0 Å². The Morgan fingerprint density at radius 1 is 1.08 bits per heavy atom. The quantitative estimate of drug-likeness (QED) is 0.768. The molecule has 26 heavy (non-hydrogen) atoms. The minimum atomic E-state index is -3.89. The average molecular weight is 378 g/mol. The van der Waals surface area contributed by atoms with Crippen LogP contribution in [0.25, 0.3) is 0 Å². The number of hydrogen-bond donors (Lipinski definition) is 2. The molecule has 140 valence electrons. The van der Waals surface area contributed by atoms with Gasteiger partial charge in [0.15, 0.2) is 0 Å². The van der Waals surface area contributed by atoms with Crippen LogP contribution in [-0.2, 0) is 10.0 Å². The number of hydrogen-bond acceptors (Lipinski definition) is 3. The van der Waals surface area contributed by atoms with Crippen LogP contribution in [0.1, 0.15) is 42.6 Å². The van der Waals surface area contributed by atoms with E-state index >= 15 is 0 Å². The van der Waals surface area contributed by atoms with Crippen LogP contribution >= 0.6 is 0 Å². The number of rotatable bonds is 7. The number of benzene rings is 2. The Morgan fingerprint density at radius 2 is 1.69 bits per heavy atom. The van der Waals surface area contributed by atoms with Crippen molar-refractivity contribution in [3.63, 3.8) is 0 Å². The molecule has 0 saturated heterocycles. The highest BCUT2D eigenvalue weighted by molar-refractivity contribution is 7.92. The summed E-state index contributed by atoms with van der Waals surface area (Å²) < 4.78 is 40.5. The van der Waals surface area contributed by atoms with Crippen LogP contribution in [0.15, 0.2) is 47.4 Å². The van der Waals surface area contributed by atoms with E-state index in [0.717, 1.165) is 12.8 Å². The smallest absolute Gasteiger partial charge is 0.261 e. The number of aryl methyl sites for hydroxylation is 1. The van der Waals surface area contributed by atoms with Crippen molar-refractivity contribution in [3.05, 3.63) is 59.4 Å². The zero-order valence-electron chi connectivity index (χ0n) is 15.0. The molecular formula is C19H23FN2O3S. The summed E-state index contributed by atoms with van der Waals surface area (Å²) >= 11 is 0. The standard InChI is InChI=1S/C19H23FN2O3S/c1-4-15(5-2)21-19(23)18-12-17(11-6-13(18)3)26(24,25)22-16-9-7-14(20)8-10-16/h6-12,15,22H,4-5H2,1-3H3,(H,21,23). The second-order valence-electron chi connectivity index (χ2n) is 6.08. The van der Waals surface area contributed by atoms with Crippen LogP contribution in [0.2, 0.25) is 0 Å². The third kappa shape index (κ3) is 4.82. The Morgan fingerprint density at radius 3 is 2.27 bits per heavy atom. The Hall–Kier alpha value is -2.41. The minimum Gasteiger partial charge on any atom is -0.349 e. The molecule has 0 heterocycles. The molecule has 0 saturated carbocycles.